The summed E-state index contributed by atoms with van der Waals surface area (Å²) in [6, 6.07) is 5.42. The number of rotatable bonds is 4. The fourth-order valence-electron chi connectivity index (χ4n) is 3.50. The molecule has 3 aromatic rings. The number of aryl methyl sites for hydroxylation is 1. The summed E-state index contributed by atoms with van der Waals surface area (Å²) in [5, 5.41) is 3.99. The van der Waals surface area contributed by atoms with Crippen LogP contribution < -0.4 is 10.1 Å². The van der Waals surface area contributed by atoms with Crippen molar-refractivity contribution >= 4 is 39.3 Å². The molecule has 28 heavy (non-hydrogen) atoms. The third kappa shape index (κ3) is 3.27. The topological polar surface area (TPSA) is 47.0 Å². The summed E-state index contributed by atoms with van der Waals surface area (Å²) < 4.78 is 47.3. The Morgan fingerprint density at radius 2 is 1.96 bits per heavy atom. The molecule has 8 heteroatoms. The first kappa shape index (κ1) is 19.2. The van der Waals surface area contributed by atoms with Crippen molar-refractivity contribution < 1.29 is 17.9 Å². The number of nitrogens with zero attached hydrogens (tertiary/aromatic N) is 2. The predicted octanol–water partition coefficient (Wildman–Crippen LogP) is 5.73. The van der Waals surface area contributed by atoms with Crippen molar-refractivity contribution in [1.82, 2.24) is 9.97 Å². The highest BCUT2D eigenvalue weighted by molar-refractivity contribution is 14.1. The summed E-state index contributed by atoms with van der Waals surface area (Å²) >= 11 is 2.21. The number of benzene rings is 2. The van der Waals surface area contributed by atoms with Crippen molar-refractivity contribution in [3.8, 4) is 5.75 Å². The van der Waals surface area contributed by atoms with E-state index in [1.807, 2.05) is 6.07 Å². The molecule has 1 aliphatic heterocycles. The lowest BCUT2D eigenvalue weighted by Gasteiger charge is -2.19. The molecule has 0 radical (unpaired) electrons. The Bertz CT molecular complexity index is 1070. The molecule has 0 spiro atoms. The summed E-state index contributed by atoms with van der Waals surface area (Å²) in [4.78, 5) is 9.06. The largest absolute Gasteiger partial charge is 0.492 e. The molecule has 0 aliphatic carbocycles. The minimum Gasteiger partial charge on any atom is -0.492 e. The fourth-order valence-corrected chi connectivity index (χ4v) is 4.29. The summed E-state index contributed by atoms with van der Waals surface area (Å²) in [5.74, 6) is 1.07. The Balaban J connectivity index is 1.79. The van der Waals surface area contributed by atoms with Gasteiger partial charge in [0.2, 0.25) is 0 Å². The smallest absolute Gasteiger partial charge is 0.266 e. The normalized spacial score (nSPS) is 14.2. The van der Waals surface area contributed by atoms with Gasteiger partial charge in [-0.05, 0) is 42.5 Å². The van der Waals surface area contributed by atoms with Crippen molar-refractivity contribution in [1.29, 1.82) is 0 Å². The molecule has 4 rings (SSSR count). The molecular formula is C20H17F3IN3O. The second-order valence-electron chi connectivity index (χ2n) is 6.70. The lowest BCUT2D eigenvalue weighted by molar-refractivity contribution is 0.146. The van der Waals surface area contributed by atoms with E-state index in [9.17, 15) is 13.2 Å². The highest BCUT2D eigenvalue weighted by atomic mass is 127. The van der Waals surface area contributed by atoms with Crippen molar-refractivity contribution in [2.24, 2.45) is 0 Å². The minimum atomic E-state index is -2.86. The van der Waals surface area contributed by atoms with Crippen molar-refractivity contribution in [2.45, 2.75) is 32.7 Å². The maximum absolute atomic E-state index is 14.5. The number of hydrogen-bond acceptors (Lipinski definition) is 4. The maximum atomic E-state index is 14.5. The van der Waals surface area contributed by atoms with Gasteiger partial charge in [-0.15, -0.1) is 0 Å². The molecule has 146 valence electrons. The first-order valence-corrected chi connectivity index (χ1v) is 9.90. The molecule has 0 saturated heterocycles. The zero-order valence-corrected chi connectivity index (χ0v) is 17.4. The second kappa shape index (κ2) is 7.38. The van der Waals surface area contributed by atoms with Gasteiger partial charge in [-0.1, -0.05) is 18.2 Å². The molecule has 4 nitrogen and oxygen atoms in total. The van der Waals surface area contributed by atoms with Crippen molar-refractivity contribution in [3.63, 3.8) is 0 Å². The molecule has 2 heterocycles. The van der Waals surface area contributed by atoms with Gasteiger partial charge in [0.1, 0.15) is 23.2 Å². The maximum Gasteiger partial charge on any atom is 0.266 e. The SMILES string of the molecule is Cc1nc(N[C@H](C)c2cccc(C(F)F)c2F)c2cc(I)c3c(c2n1)CCO3. The van der Waals surface area contributed by atoms with Crippen molar-refractivity contribution in [2.75, 3.05) is 11.9 Å². The Hall–Kier alpha value is -2.10. The van der Waals surface area contributed by atoms with Crippen LogP contribution in [0.5, 0.6) is 5.75 Å². The van der Waals surface area contributed by atoms with Crippen LogP contribution in [-0.2, 0) is 6.42 Å². The van der Waals surface area contributed by atoms with Crippen LogP contribution in [0, 0.1) is 16.3 Å². The quantitative estimate of drug-likeness (QED) is 0.466. The van der Waals surface area contributed by atoms with E-state index < -0.39 is 23.8 Å². The van der Waals surface area contributed by atoms with E-state index in [-0.39, 0.29) is 5.56 Å². The van der Waals surface area contributed by atoms with Crippen LogP contribution in [0.15, 0.2) is 24.3 Å². The van der Waals surface area contributed by atoms with E-state index in [0.717, 1.165) is 38.3 Å². The monoisotopic (exact) mass is 499 g/mol. The van der Waals surface area contributed by atoms with Gasteiger partial charge in [0.25, 0.3) is 6.43 Å². The molecular weight excluding hydrogens is 482 g/mol. The van der Waals surface area contributed by atoms with Crippen LogP contribution in [0.3, 0.4) is 0 Å². The molecule has 0 amide bonds. The first-order chi connectivity index (χ1) is 13.4. The number of hydrogen-bond donors (Lipinski definition) is 1. The Morgan fingerprint density at radius 1 is 1.21 bits per heavy atom. The number of nitrogens with one attached hydrogen (secondary N) is 1. The Labute approximate surface area is 173 Å². The number of ether oxygens (including phenoxy) is 1. The minimum absolute atomic E-state index is 0.168. The molecule has 0 fully saturated rings. The van der Waals surface area contributed by atoms with Crippen molar-refractivity contribution in [3.05, 3.63) is 56.2 Å². The third-order valence-corrected chi connectivity index (χ3v) is 5.62. The molecule has 1 N–H and O–H groups in total. The van der Waals surface area contributed by atoms with Crippen LogP contribution in [0.2, 0.25) is 0 Å². The number of aromatic nitrogens is 2. The molecule has 1 aliphatic rings. The van der Waals surface area contributed by atoms with Gasteiger partial charge in [-0.2, -0.15) is 0 Å². The van der Waals surface area contributed by atoms with Crippen LogP contribution in [-0.4, -0.2) is 16.6 Å². The van der Waals surface area contributed by atoms with Gasteiger partial charge in [0.05, 0.1) is 27.3 Å². The molecule has 0 bridgehead atoms. The summed E-state index contributed by atoms with van der Waals surface area (Å²) in [5.41, 5.74) is 1.41. The zero-order chi connectivity index (χ0) is 20.0. The van der Waals surface area contributed by atoms with Gasteiger partial charge >= 0.3 is 0 Å². The molecule has 2 aromatic carbocycles. The average Bonchev–Trinajstić information content (AvgIpc) is 3.13. The number of fused-ring (bicyclic) bond motifs is 3. The van der Waals surface area contributed by atoms with E-state index in [4.69, 9.17) is 4.74 Å². The zero-order valence-electron chi connectivity index (χ0n) is 15.2. The van der Waals surface area contributed by atoms with Gasteiger partial charge in [-0.25, -0.2) is 23.1 Å². The molecule has 1 aromatic heterocycles. The highest BCUT2D eigenvalue weighted by Crippen LogP contribution is 2.39. The van der Waals surface area contributed by atoms with Gasteiger partial charge in [0.15, 0.2) is 0 Å². The van der Waals surface area contributed by atoms with Crippen LogP contribution in [0.1, 0.15) is 41.9 Å². The van der Waals surface area contributed by atoms with Crippen LogP contribution in [0.25, 0.3) is 10.9 Å². The standard InChI is InChI=1S/C20H17F3IN3O/c1-9(11-4-3-5-12(16(11)21)19(22)23)25-20-14-8-15(24)18-13(6-7-28-18)17(14)26-10(2)27-20/h3-5,8-9,19H,6-7H2,1-2H3,(H,25,26,27)/t9-/m1/s1. The average molecular weight is 499 g/mol. The molecule has 0 unspecified atom stereocenters. The highest BCUT2D eigenvalue weighted by Gasteiger charge is 2.24. The number of alkyl halides is 2. The fraction of sp³-hybridized carbons (Fsp3) is 0.300. The lowest BCUT2D eigenvalue weighted by atomic mass is 10.0. The molecule has 0 saturated carbocycles. The number of anilines is 1. The summed E-state index contributed by atoms with van der Waals surface area (Å²) in [6.07, 6.45) is -2.10. The third-order valence-electron chi connectivity index (χ3n) is 4.82. The Kier molecular flexibility index (Phi) is 5.07. The van der Waals surface area contributed by atoms with E-state index in [2.05, 4.69) is 37.9 Å². The first-order valence-electron chi connectivity index (χ1n) is 8.82. The van der Waals surface area contributed by atoms with E-state index in [0.29, 0.717) is 18.2 Å². The molecule has 1 atom stereocenters. The lowest BCUT2D eigenvalue weighted by Crippen LogP contribution is -2.12. The van der Waals surface area contributed by atoms with E-state index >= 15 is 0 Å². The number of halogens is 4. The predicted molar refractivity (Wildman–Crippen MR) is 110 cm³/mol. The van der Waals surface area contributed by atoms with Crippen LogP contribution >= 0.6 is 22.6 Å². The summed E-state index contributed by atoms with van der Waals surface area (Å²) in [7, 11) is 0. The summed E-state index contributed by atoms with van der Waals surface area (Å²) in [6.45, 7) is 4.12. The Morgan fingerprint density at radius 3 is 2.71 bits per heavy atom. The van der Waals surface area contributed by atoms with E-state index in [1.165, 1.54) is 12.1 Å². The van der Waals surface area contributed by atoms with E-state index in [1.54, 1.807) is 13.8 Å². The van der Waals surface area contributed by atoms with Gasteiger partial charge < -0.3 is 10.1 Å². The van der Waals surface area contributed by atoms with Crippen LogP contribution in [0.4, 0.5) is 19.0 Å². The second-order valence-corrected chi connectivity index (χ2v) is 7.86. The van der Waals surface area contributed by atoms with Gasteiger partial charge in [-0.3, -0.25) is 0 Å². The van der Waals surface area contributed by atoms with Gasteiger partial charge in [0, 0.05) is 22.9 Å².